The molecule has 8 heteroatoms. The van der Waals surface area contributed by atoms with Crippen LogP contribution in [-0.4, -0.2) is 79.0 Å². The van der Waals surface area contributed by atoms with Gasteiger partial charge in [0.1, 0.15) is 5.69 Å². The lowest BCUT2D eigenvalue weighted by Gasteiger charge is -2.47. The minimum Gasteiger partial charge on any atom is -0.472 e. The van der Waals surface area contributed by atoms with Crippen LogP contribution in [0.25, 0.3) is 0 Å². The van der Waals surface area contributed by atoms with Crippen LogP contribution in [0.2, 0.25) is 0 Å². The van der Waals surface area contributed by atoms with Crippen LogP contribution in [0, 0.1) is 0 Å². The SMILES string of the molecule is O=C(NCC1CN2CCN1CC2)c1cccc(OCC(F)F)n1. The third-order valence-corrected chi connectivity index (χ3v) is 4.20. The number of halogens is 2. The molecular weight excluding hydrogens is 306 g/mol. The normalized spacial score (nSPS) is 26.3. The number of alkyl halides is 2. The molecule has 2 bridgehead atoms. The van der Waals surface area contributed by atoms with Gasteiger partial charge in [-0.1, -0.05) is 6.07 Å². The number of pyridine rings is 1. The number of piperazine rings is 3. The molecule has 3 fully saturated rings. The molecule has 0 radical (unpaired) electrons. The molecule has 1 unspecified atom stereocenters. The Hall–Kier alpha value is -1.80. The number of carbonyl (C=O) groups excluding carboxylic acids is 1. The number of fused-ring (bicyclic) bond motifs is 3. The molecule has 4 heterocycles. The fourth-order valence-electron chi connectivity index (χ4n) is 2.99. The average molecular weight is 326 g/mol. The Morgan fingerprint density at radius 3 is 2.78 bits per heavy atom. The zero-order valence-corrected chi connectivity index (χ0v) is 12.8. The van der Waals surface area contributed by atoms with Gasteiger partial charge >= 0.3 is 0 Å². The zero-order valence-electron chi connectivity index (χ0n) is 12.8. The zero-order chi connectivity index (χ0) is 16.2. The van der Waals surface area contributed by atoms with Crippen molar-refractivity contribution in [1.29, 1.82) is 0 Å². The van der Waals surface area contributed by atoms with Crippen molar-refractivity contribution in [3.63, 3.8) is 0 Å². The minimum absolute atomic E-state index is 0.0320. The number of nitrogens with one attached hydrogen (secondary N) is 1. The molecular formula is C15H20F2N4O2. The lowest BCUT2D eigenvalue weighted by molar-refractivity contribution is 0.0138. The number of hydrogen-bond donors (Lipinski definition) is 1. The van der Waals surface area contributed by atoms with E-state index >= 15 is 0 Å². The van der Waals surface area contributed by atoms with E-state index < -0.39 is 13.0 Å². The van der Waals surface area contributed by atoms with Crippen LogP contribution in [0.15, 0.2) is 18.2 Å². The first-order valence-corrected chi connectivity index (χ1v) is 7.74. The van der Waals surface area contributed by atoms with E-state index in [4.69, 9.17) is 4.74 Å². The average Bonchev–Trinajstić information content (AvgIpc) is 2.59. The van der Waals surface area contributed by atoms with Crippen LogP contribution in [-0.2, 0) is 0 Å². The predicted octanol–water partition coefficient (Wildman–Crippen LogP) is 0.455. The van der Waals surface area contributed by atoms with Gasteiger partial charge in [0.05, 0.1) is 0 Å². The summed E-state index contributed by atoms with van der Waals surface area (Å²) in [6.07, 6.45) is -2.57. The van der Waals surface area contributed by atoms with E-state index in [1.54, 1.807) is 12.1 Å². The van der Waals surface area contributed by atoms with Gasteiger partial charge in [-0.3, -0.25) is 14.6 Å². The number of rotatable bonds is 6. The van der Waals surface area contributed by atoms with E-state index in [1.165, 1.54) is 6.07 Å². The maximum absolute atomic E-state index is 12.2. The monoisotopic (exact) mass is 326 g/mol. The summed E-state index contributed by atoms with van der Waals surface area (Å²) in [7, 11) is 0. The summed E-state index contributed by atoms with van der Waals surface area (Å²) in [5.41, 5.74) is 0.174. The number of carbonyl (C=O) groups is 1. The Labute approximate surface area is 133 Å². The molecule has 0 saturated carbocycles. The number of aromatic nitrogens is 1. The molecule has 6 nitrogen and oxygen atoms in total. The van der Waals surface area contributed by atoms with Crippen molar-refractivity contribution in [3.8, 4) is 5.88 Å². The lowest BCUT2D eigenvalue weighted by atomic mass is 10.1. The molecule has 3 aliphatic heterocycles. The van der Waals surface area contributed by atoms with E-state index in [2.05, 4.69) is 20.1 Å². The summed E-state index contributed by atoms with van der Waals surface area (Å²) in [6, 6.07) is 4.89. The van der Waals surface area contributed by atoms with E-state index in [0.29, 0.717) is 12.6 Å². The number of ether oxygens (including phenoxy) is 1. The number of hydrogen-bond acceptors (Lipinski definition) is 5. The van der Waals surface area contributed by atoms with Crippen molar-refractivity contribution in [1.82, 2.24) is 20.1 Å². The second-order valence-electron chi connectivity index (χ2n) is 5.76. The summed E-state index contributed by atoms with van der Waals surface area (Å²) in [5.74, 6) is -0.283. The Morgan fingerprint density at radius 1 is 1.35 bits per heavy atom. The second-order valence-corrected chi connectivity index (χ2v) is 5.76. The van der Waals surface area contributed by atoms with Crippen LogP contribution < -0.4 is 10.1 Å². The molecule has 0 spiro atoms. The number of amides is 1. The van der Waals surface area contributed by atoms with Gasteiger partial charge < -0.3 is 10.1 Å². The molecule has 4 rings (SSSR count). The maximum atomic E-state index is 12.2. The molecule has 1 amide bonds. The van der Waals surface area contributed by atoms with Crippen LogP contribution >= 0.6 is 0 Å². The Balaban J connectivity index is 1.52. The van der Waals surface area contributed by atoms with Crippen LogP contribution in [0.5, 0.6) is 5.88 Å². The minimum atomic E-state index is -2.57. The van der Waals surface area contributed by atoms with Gasteiger partial charge in [0.15, 0.2) is 6.61 Å². The van der Waals surface area contributed by atoms with Crippen molar-refractivity contribution in [2.45, 2.75) is 12.5 Å². The Morgan fingerprint density at radius 2 is 2.13 bits per heavy atom. The van der Waals surface area contributed by atoms with Crippen molar-refractivity contribution in [2.75, 3.05) is 45.9 Å². The second kappa shape index (κ2) is 7.18. The van der Waals surface area contributed by atoms with E-state index in [-0.39, 0.29) is 17.5 Å². The maximum Gasteiger partial charge on any atom is 0.272 e. The fraction of sp³-hybridized carbons (Fsp3) is 0.600. The number of nitrogens with zero attached hydrogens (tertiary/aromatic N) is 3. The predicted molar refractivity (Wildman–Crippen MR) is 79.9 cm³/mol. The van der Waals surface area contributed by atoms with Gasteiger partial charge in [-0.25, -0.2) is 13.8 Å². The van der Waals surface area contributed by atoms with Crippen molar-refractivity contribution in [3.05, 3.63) is 23.9 Å². The quantitative estimate of drug-likeness (QED) is 0.823. The highest BCUT2D eigenvalue weighted by Crippen LogP contribution is 2.15. The van der Waals surface area contributed by atoms with Gasteiger partial charge in [0.2, 0.25) is 5.88 Å². The van der Waals surface area contributed by atoms with E-state index in [9.17, 15) is 13.6 Å². The van der Waals surface area contributed by atoms with Gasteiger partial charge in [-0.15, -0.1) is 0 Å². The first-order chi connectivity index (χ1) is 11.1. The largest absolute Gasteiger partial charge is 0.472 e. The van der Waals surface area contributed by atoms with Crippen LogP contribution in [0.3, 0.4) is 0 Å². The molecule has 23 heavy (non-hydrogen) atoms. The molecule has 0 aliphatic carbocycles. The molecule has 126 valence electrons. The summed E-state index contributed by atoms with van der Waals surface area (Å²) < 4.78 is 29.1. The summed E-state index contributed by atoms with van der Waals surface area (Å²) in [6.45, 7) is 5.05. The fourth-order valence-corrected chi connectivity index (χ4v) is 2.99. The standard InChI is InChI=1S/C15H20F2N4O2/c16-13(17)10-23-14-3-1-2-12(19-14)15(22)18-8-11-9-20-4-6-21(11)7-5-20/h1-3,11,13H,4-10H2,(H,18,22). The molecule has 1 aromatic rings. The Bertz CT molecular complexity index is 550. The van der Waals surface area contributed by atoms with Gasteiger partial charge in [-0.05, 0) is 6.07 Å². The van der Waals surface area contributed by atoms with E-state index in [1.807, 2.05) is 0 Å². The highest BCUT2D eigenvalue weighted by Gasteiger charge is 2.31. The molecule has 0 aromatic carbocycles. The smallest absolute Gasteiger partial charge is 0.272 e. The Kier molecular flexibility index (Phi) is 5.02. The van der Waals surface area contributed by atoms with Crippen molar-refractivity contribution >= 4 is 5.91 Å². The summed E-state index contributed by atoms with van der Waals surface area (Å²) in [5, 5.41) is 2.87. The highest BCUT2D eigenvalue weighted by molar-refractivity contribution is 5.92. The topological polar surface area (TPSA) is 57.7 Å². The lowest BCUT2D eigenvalue weighted by Crippen LogP contribution is -2.63. The first kappa shape index (κ1) is 16.1. The van der Waals surface area contributed by atoms with Crippen LogP contribution in [0.1, 0.15) is 10.5 Å². The molecule has 3 saturated heterocycles. The molecule has 1 N–H and O–H groups in total. The first-order valence-electron chi connectivity index (χ1n) is 7.74. The van der Waals surface area contributed by atoms with Gasteiger partial charge in [-0.2, -0.15) is 0 Å². The van der Waals surface area contributed by atoms with Gasteiger partial charge in [0.25, 0.3) is 12.3 Å². The highest BCUT2D eigenvalue weighted by atomic mass is 19.3. The van der Waals surface area contributed by atoms with Crippen LogP contribution in [0.4, 0.5) is 8.78 Å². The third-order valence-electron chi connectivity index (χ3n) is 4.20. The molecule has 3 aliphatic rings. The molecule has 1 atom stereocenters. The van der Waals surface area contributed by atoms with E-state index in [0.717, 1.165) is 32.7 Å². The van der Waals surface area contributed by atoms with Gasteiger partial charge in [0, 0.05) is 51.4 Å². The summed E-state index contributed by atoms with van der Waals surface area (Å²) in [4.78, 5) is 20.9. The molecule has 1 aromatic heterocycles. The van der Waals surface area contributed by atoms with Crippen molar-refractivity contribution < 1.29 is 18.3 Å². The summed E-state index contributed by atoms with van der Waals surface area (Å²) >= 11 is 0. The third kappa shape index (κ3) is 4.14. The van der Waals surface area contributed by atoms with Crippen molar-refractivity contribution in [2.24, 2.45) is 0 Å².